The maximum absolute atomic E-state index is 12.4. The summed E-state index contributed by atoms with van der Waals surface area (Å²) in [7, 11) is 0. The molecule has 0 radical (unpaired) electrons. The maximum Gasteiger partial charge on any atom is 0.387 e. The van der Waals surface area contributed by atoms with Crippen molar-refractivity contribution in [3.63, 3.8) is 0 Å². The number of carbonyl (C=O) groups excluding carboxylic acids is 1. The zero-order valence-electron chi connectivity index (χ0n) is 17.2. The van der Waals surface area contributed by atoms with Crippen LogP contribution >= 0.6 is 11.6 Å². The summed E-state index contributed by atoms with van der Waals surface area (Å²) in [5.74, 6) is 0.674. The van der Waals surface area contributed by atoms with Gasteiger partial charge in [-0.05, 0) is 48.9 Å². The highest BCUT2D eigenvalue weighted by Crippen LogP contribution is 2.33. The van der Waals surface area contributed by atoms with Gasteiger partial charge in [0.05, 0.1) is 22.6 Å². The van der Waals surface area contributed by atoms with Crippen molar-refractivity contribution in [2.24, 2.45) is 0 Å². The van der Waals surface area contributed by atoms with E-state index in [4.69, 9.17) is 11.6 Å². The third-order valence-electron chi connectivity index (χ3n) is 5.38. The predicted octanol–water partition coefficient (Wildman–Crippen LogP) is 5.52. The third-order valence-corrected chi connectivity index (χ3v) is 5.68. The quantitative estimate of drug-likeness (QED) is 0.402. The summed E-state index contributed by atoms with van der Waals surface area (Å²) in [4.78, 5) is 22.6. The van der Waals surface area contributed by atoms with Crippen LogP contribution in [0.5, 0.6) is 5.75 Å². The Bertz CT molecular complexity index is 1330. The van der Waals surface area contributed by atoms with Gasteiger partial charge in [-0.25, -0.2) is 9.97 Å². The molecule has 0 saturated carbocycles. The van der Waals surface area contributed by atoms with Crippen molar-refractivity contribution in [3.05, 3.63) is 66.1 Å². The highest BCUT2D eigenvalue weighted by Gasteiger charge is 2.23. The van der Waals surface area contributed by atoms with Gasteiger partial charge in [0.25, 0.3) is 0 Å². The second-order valence-electron chi connectivity index (χ2n) is 7.46. The van der Waals surface area contributed by atoms with Crippen LogP contribution in [0.3, 0.4) is 0 Å². The number of amides is 1. The molecule has 0 aliphatic carbocycles. The van der Waals surface area contributed by atoms with E-state index in [0.717, 1.165) is 17.7 Å². The molecule has 33 heavy (non-hydrogen) atoms. The Balaban J connectivity index is 1.42. The Labute approximate surface area is 192 Å². The summed E-state index contributed by atoms with van der Waals surface area (Å²) >= 11 is 6.46. The van der Waals surface area contributed by atoms with Crippen molar-refractivity contribution >= 4 is 40.3 Å². The molecule has 0 unspecified atom stereocenters. The molecular weight excluding hydrogens is 452 g/mol. The van der Waals surface area contributed by atoms with Crippen molar-refractivity contribution in [1.82, 2.24) is 14.4 Å². The minimum atomic E-state index is -2.87. The number of hydrogen-bond acceptors (Lipinski definition) is 5. The molecule has 0 spiro atoms. The average molecular weight is 470 g/mol. The van der Waals surface area contributed by atoms with Crippen LogP contribution in [-0.4, -0.2) is 33.4 Å². The Morgan fingerprint density at radius 2 is 1.94 bits per heavy atom. The molecule has 1 aliphatic rings. The molecule has 1 amide bonds. The first-order chi connectivity index (χ1) is 16.0. The van der Waals surface area contributed by atoms with E-state index in [9.17, 15) is 13.6 Å². The van der Waals surface area contributed by atoms with Crippen molar-refractivity contribution < 1.29 is 18.3 Å². The molecule has 4 aromatic rings. The fraction of sp³-hybridized carbons (Fsp3) is 0.174. The van der Waals surface area contributed by atoms with Crippen LogP contribution in [0.2, 0.25) is 5.02 Å². The molecule has 0 atom stereocenters. The minimum absolute atomic E-state index is 0.0720. The molecule has 1 aliphatic heterocycles. The first-order valence-corrected chi connectivity index (χ1v) is 10.6. The number of imidazole rings is 1. The first kappa shape index (κ1) is 21.1. The molecule has 10 heteroatoms. The van der Waals surface area contributed by atoms with Gasteiger partial charge in [0.1, 0.15) is 5.75 Å². The molecule has 2 aromatic carbocycles. The average Bonchev–Trinajstić information content (AvgIpc) is 3.41. The number of ether oxygens (including phenoxy) is 1. The molecule has 2 aromatic heterocycles. The molecule has 0 bridgehead atoms. The lowest BCUT2D eigenvalue weighted by molar-refractivity contribution is -0.117. The maximum atomic E-state index is 12.4. The molecule has 1 saturated heterocycles. The van der Waals surface area contributed by atoms with E-state index in [1.54, 1.807) is 41.7 Å². The monoisotopic (exact) mass is 469 g/mol. The number of anilines is 3. The number of aromatic nitrogens is 3. The highest BCUT2D eigenvalue weighted by atomic mass is 35.5. The number of hydrogen-bond donors (Lipinski definition) is 1. The Morgan fingerprint density at radius 1 is 1.12 bits per heavy atom. The van der Waals surface area contributed by atoms with Crippen LogP contribution < -0.4 is 15.0 Å². The van der Waals surface area contributed by atoms with Gasteiger partial charge in [-0.2, -0.15) is 8.78 Å². The lowest BCUT2D eigenvalue weighted by atomic mass is 10.1. The summed E-state index contributed by atoms with van der Waals surface area (Å²) in [6, 6.07) is 11.7. The number of rotatable bonds is 6. The molecule has 3 heterocycles. The van der Waals surface area contributed by atoms with Gasteiger partial charge in [0.2, 0.25) is 5.91 Å². The van der Waals surface area contributed by atoms with Crippen molar-refractivity contribution in [2.45, 2.75) is 19.5 Å². The number of alkyl halides is 2. The zero-order valence-corrected chi connectivity index (χ0v) is 18.0. The van der Waals surface area contributed by atoms with Crippen molar-refractivity contribution in [2.75, 3.05) is 16.8 Å². The van der Waals surface area contributed by atoms with E-state index in [2.05, 4.69) is 20.0 Å². The van der Waals surface area contributed by atoms with E-state index in [1.807, 2.05) is 16.5 Å². The van der Waals surface area contributed by atoms with Crippen LogP contribution in [0, 0.1) is 0 Å². The van der Waals surface area contributed by atoms with Crippen LogP contribution in [-0.2, 0) is 4.79 Å². The van der Waals surface area contributed by atoms with Gasteiger partial charge in [-0.1, -0.05) is 11.6 Å². The fourth-order valence-corrected chi connectivity index (χ4v) is 4.15. The number of halogens is 3. The lowest BCUT2D eigenvalue weighted by Crippen LogP contribution is -2.23. The molecular formula is C23H18ClF2N5O2. The van der Waals surface area contributed by atoms with Gasteiger partial charge >= 0.3 is 6.61 Å². The van der Waals surface area contributed by atoms with E-state index in [-0.39, 0.29) is 11.7 Å². The second-order valence-corrected chi connectivity index (χ2v) is 7.86. The lowest BCUT2D eigenvalue weighted by Gasteiger charge is -2.18. The van der Waals surface area contributed by atoms with E-state index in [1.165, 1.54) is 12.1 Å². The molecule has 1 N–H and O–H groups in total. The van der Waals surface area contributed by atoms with Gasteiger partial charge in [0, 0.05) is 36.6 Å². The zero-order chi connectivity index (χ0) is 22.9. The normalized spacial score (nSPS) is 13.8. The Morgan fingerprint density at radius 3 is 2.64 bits per heavy atom. The summed E-state index contributed by atoms with van der Waals surface area (Å²) in [6.45, 7) is -2.21. The topological polar surface area (TPSA) is 71.8 Å². The van der Waals surface area contributed by atoms with Crippen molar-refractivity contribution in [1.29, 1.82) is 0 Å². The summed E-state index contributed by atoms with van der Waals surface area (Å²) < 4.78 is 31.0. The smallest absolute Gasteiger partial charge is 0.387 e. The highest BCUT2D eigenvalue weighted by molar-refractivity contribution is 6.34. The number of nitrogens with zero attached hydrogens (tertiary/aromatic N) is 4. The fourth-order valence-electron chi connectivity index (χ4n) is 3.87. The van der Waals surface area contributed by atoms with Crippen LogP contribution in [0.25, 0.3) is 16.9 Å². The molecule has 7 nitrogen and oxygen atoms in total. The Kier molecular flexibility index (Phi) is 5.55. The van der Waals surface area contributed by atoms with Gasteiger partial charge in [-0.15, -0.1) is 0 Å². The number of carbonyl (C=O) groups is 1. The first-order valence-electron chi connectivity index (χ1n) is 10.2. The van der Waals surface area contributed by atoms with Gasteiger partial charge in [-0.3, -0.25) is 9.20 Å². The SMILES string of the molecule is O=C1CCCN1c1ccc(Nc2nccn3c(-c4ccc(OC(F)F)cc4)cnc23)cc1Cl. The van der Waals surface area contributed by atoms with Crippen LogP contribution in [0.1, 0.15) is 12.8 Å². The minimum Gasteiger partial charge on any atom is -0.435 e. The van der Waals surface area contributed by atoms with Gasteiger partial charge in [0.15, 0.2) is 11.5 Å². The van der Waals surface area contributed by atoms with E-state index < -0.39 is 6.61 Å². The van der Waals surface area contributed by atoms with E-state index in [0.29, 0.717) is 40.8 Å². The van der Waals surface area contributed by atoms with Crippen molar-refractivity contribution in [3.8, 4) is 17.0 Å². The summed E-state index contributed by atoms with van der Waals surface area (Å²) in [6.07, 6.45) is 6.44. The molecule has 5 rings (SSSR count). The van der Waals surface area contributed by atoms with Gasteiger partial charge < -0.3 is 15.0 Å². The summed E-state index contributed by atoms with van der Waals surface area (Å²) in [5.41, 5.74) is 3.52. The standard InChI is InChI=1S/C23H18ClF2N5O2/c24-17-12-15(5-8-18(17)30-10-1-2-20(30)32)29-21-22-28-13-19(31(22)11-9-27-21)14-3-6-16(7-4-14)33-23(25)26/h3-9,11-13,23H,1-2,10H2,(H,27,29). The Hall–Kier alpha value is -3.72. The molecule has 1 fully saturated rings. The third kappa shape index (κ3) is 4.19. The largest absolute Gasteiger partial charge is 0.435 e. The van der Waals surface area contributed by atoms with Crippen LogP contribution in [0.4, 0.5) is 26.0 Å². The van der Waals surface area contributed by atoms with Crippen LogP contribution in [0.15, 0.2) is 61.1 Å². The second kappa shape index (κ2) is 8.67. The molecule has 168 valence electrons. The number of benzene rings is 2. The predicted molar refractivity (Wildman–Crippen MR) is 121 cm³/mol. The number of nitrogens with one attached hydrogen (secondary N) is 1. The summed E-state index contributed by atoms with van der Waals surface area (Å²) in [5, 5.41) is 3.70. The number of fused-ring (bicyclic) bond motifs is 1. The van der Waals surface area contributed by atoms with E-state index >= 15 is 0 Å².